The van der Waals surface area contributed by atoms with Crippen LogP contribution in [0, 0.1) is 0 Å². The summed E-state index contributed by atoms with van der Waals surface area (Å²) in [4.78, 5) is 34.9. The fourth-order valence-electron chi connectivity index (χ4n) is 0.210. The number of hydrogen-bond acceptors (Lipinski definition) is 4. The summed E-state index contributed by atoms with van der Waals surface area (Å²) in [5.41, 5.74) is 1.62. The number of nitrogens with one attached hydrogen (secondary N) is 1. The molecule has 0 aliphatic rings. The molecule has 0 bridgehead atoms. The lowest BCUT2D eigenvalue weighted by Crippen LogP contribution is -2.31. The van der Waals surface area contributed by atoms with Crippen LogP contribution < -0.4 is 5.48 Å². The minimum absolute atomic E-state index is 0.734. The number of carbonyl (C=O) groups excluding carboxylic acids is 3. The Balaban J connectivity index is 3.71. The quantitative estimate of drug-likeness (QED) is 0.328. The first-order chi connectivity index (χ1) is 5.07. The Morgan fingerprint density at radius 3 is 2.36 bits per heavy atom. The summed E-state index contributed by atoms with van der Waals surface area (Å²) in [6, 6.07) is 0. The van der Waals surface area contributed by atoms with Crippen LogP contribution in [0.25, 0.3) is 0 Å². The van der Waals surface area contributed by atoms with Gasteiger partial charge in [-0.25, -0.2) is 4.79 Å². The van der Waals surface area contributed by atoms with Gasteiger partial charge < -0.3 is 4.84 Å². The third-order valence-corrected chi connectivity index (χ3v) is 0.731. The molecule has 0 radical (unpaired) electrons. The largest absolute Gasteiger partial charge is 0.355 e. The fourth-order valence-corrected chi connectivity index (χ4v) is 0.210. The molecule has 1 amide bonds. The maximum absolute atomic E-state index is 10.4. The van der Waals surface area contributed by atoms with Crippen molar-refractivity contribution in [2.45, 2.75) is 6.92 Å². The molecule has 5 heteroatoms. The van der Waals surface area contributed by atoms with Crippen molar-refractivity contribution in [3.05, 3.63) is 12.7 Å². The Morgan fingerprint density at radius 1 is 1.45 bits per heavy atom. The summed E-state index contributed by atoms with van der Waals surface area (Å²) in [6.07, 6.45) is 0.862. The second kappa shape index (κ2) is 4.21. The van der Waals surface area contributed by atoms with E-state index in [0.29, 0.717) is 0 Å². The van der Waals surface area contributed by atoms with Gasteiger partial charge in [0.05, 0.1) is 0 Å². The molecule has 0 aliphatic carbocycles. The average Bonchev–Trinajstić information content (AvgIpc) is 1.99. The number of hydroxylamine groups is 1. The summed E-state index contributed by atoms with van der Waals surface area (Å²) in [6.45, 7) is 4.13. The lowest BCUT2D eigenvalue weighted by Gasteiger charge is -1.98. The third-order valence-electron chi connectivity index (χ3n) is 0.731. The predicted octanol–water partition coefficient (Wildman–Crippen LogP) is -0.664. The van der Waals surface area contributed by atoms with E-state index in [2.05, 4.69) is 11.4 Å². The van der Waals surface area contributed by atoms with Crippen molar-refractivity contribution in [1.82, 2.24) is 5.48 Å². The molecule has 0 saturated heterocycles. The minimum Gasteiger partial charge on any atom is -0.336 e. The molecule has 60 valence electrons. The highest BCUT2D eigenvalue weighted by atomic mass is 16.7. The Bertz CT molecular complexity index is 209. The number of rotatable bonds is 2. The van der Waals surface area contributed by atoms with Crippen LogP contribution >= 0.6 is 0 Å². The molecule has 0 unspecified atom stereocenters. The van der Waals surface area contributed by atoms with Gasteiger partial charge in [-0.3, -0.25) is 9.59 Å². The van der Waals surface area contributed by atoms with Gasteiger partial charge in [0.1, 0.15) is 0 Å². The molecule has 0 aromatic rings. The van der Waals surface area contributed by atoms with Gasteiger partial charge in [0, 0.05) is 13.0 Å². The molecule has 1 N–H and O–H groups in total. The molecular formula is C6H7NO4. The van der Waals surface area contributed by atoms with Crippen LogP contribution in [0.2, 0.25) is 0 Å². The van der Waals surface area contributed by atoms with Crippen molar-refractivity contribution < 1.29 is 19.2 Å². The van der Waals surface area contributed by atoms with E-state index >= 15 is 0 Å². The normalized spacial score (nSPS) is 8.09. The molecule has 0 rings (SSSR count). The van der Waals surface area contributed by atoms with Crippen molar-refractivity contribution >= 4 is 17.7 Å². The first kappa shape index (κ1) is 9.35. The lowest BCUT2D eigenvalue weighted by molar-refractivity contribution is -0.156. The Labute approximate surface area is 63.0 Å². The molecule has 11 heavy (non-hydrogen) atoms. The van der Waals surface area contributed by atoms with Crippen LogP contribution in [0.1, 0.15) is 6.92 Å². The highest BCUT2D eigenvalue weighted by Crippen LogP contribution is 1.75. The van der Waals surface area contributed by atoms with E-state index in [9.17, 15) is 14.4 Å². The van der Waals surface area contributed by atoms with Gasteiger partial charge >= 0.3 is 11.9 Å². The predicted molar refractivity (Wildman–Crippen MR) is 35.1 cm³/mol. The van der Waals surface area contributed by atoms with E-state index in [-0.39, 0.29) is 0 Å². The summed E-state index contributed by atoms with van der Waals surface area (Å²) in [5.74, 6) is -2.53. The summed E-state index contributed by atoms with van der Waals surface area (Å²) >= 11 is 0. The average molecular weight is 157 g/mol. The summed E-state index contributed by atoms with van der Waals surface area (Å²) in [5, 5.41) is 0. The standard InChI is InChI=1S/C6H7NO4/c1-3-5(9)11-7-6(10)4(2)8/h3H,1H2,2H3,(H,7,10). The van der Waals surface area contributed by atoms with Crippen molar-refractivity contribution in [2.75, 3.05) is 0 Å². The van der Waals surface area contributed by atoms with Crippen LogP contribution in [-0.2, 0) is 19.2 Å². The highest BCUT2D eigenvalue weighted by Gasteiger charge is 2.07. The molecule has 0 atom stereocenters. The highest BCUT2D eigenvalue weighted by molar-refractivity contribution is 6.34. The molecule has 0 spiro atoms. The Kier molecular flexibility index (Phi) is 3.58. The van der Waals surface area contributed by atoms with E-state index in [4.69, 9.17) is 0 Å². The van der Waals surface area contributed by atoms with E-state index in [1.54, 1.807) is 5.48 Å². The molecule has 0 aliphatic heterocycles. The molecule has 0 aromatic carbocycles. The number of ketones is 1. The minimum atomic E-state index is -0.972. The zero-order chi connectivity index (χ0) is 8.85. The molecule has 5 nitrogen and oxygen atoms in total. The molecular weight excluding hydrogens is 150 g/mol. The monoisotopic (exact) mass is 157 g/mol. The third kappa shape index (κ3) is 3.85. The van der Waals surface area contributed by atoms with Crippen LogP contribution in [0.4, 0.5) is 0 Å². The molecule has 0 saturated carbocycles. The van der Waals surface area contributed by atoms with E-state index in [0.717, 1.165) is 13.0 Å². The smallest absolute Gasteiger partial charge is 0.336 e. The van der Waals surface area contributed by atoms with Gasteiger partial charge in [-0.1, -0.05) is 6.58 Å². The first-order valence-corrected chi connectivity index (χ1v) is 2.72. The maximum atomic E-state index is 10.4. The first-order valence-electron chi connectivity index (χ1n) is 2.72. The van der Waals surface area contributed by atoms with E-state index in [1.807, 2.05) is 0 Å². The number of Topliss-reactive ketones (excluding diaryl/α,β-unsaturated/α-hetero) is 1. The number of hydrogen-bond donors (Lipinski definition) is 1. The summed E-state index contributed by atoms with van der Waals surface area (Å²) < 4.78 is 0. The number of amides is 1. The van der Waals surface area contributed by atoms with Gasteiger partial charge in [0.25, 0.3) is 0 Å². The number of carbonyl (C=O) groups is 3. The second-order valence-electron chi connectivity index (χ2n) is 1.61. The maximum Gasteiger partial charge on any atom is 0.355 e. The van der Waals surface area contributed by atoms with Gasteiger partial charge in [-0.05, 0) is 0 Å². The van der Waals surface area contributed by atoms with Crippen LogP contribution in [-0.4, -0.2) is 17.7 Å². The fraction of sp³-hybridized carbons (Fsp3) is 0.167. The zero-order valence-electron chi connectivity index (χ0n) is 5.92. The van der Waals surface area contributed by atoms with Gasteiger partial charge in [-0.15, -0.1) is 0 Å². The second-order valence-corrected chi connectivity index (χ2v) is 1.61. The summed E-state index contributed by atoms with van der Waals surface area (Å²) in [7, 11) is 0. The molecule has 0 fully saturated rings. The van der Waals surface area contributed by atoms with Crippen LogP contribution in [0.5, 0.6) is 0 Å². The van der Waals surface area contributed by atoms with Crippen molar-refractivity contribution in [2.24, 2.45) is 0 Å². The van der Waals surface area contributed by atoms with Crippen molar-refractivity contribution in [1.29, 1.82) is 0 Å². The lowest BCUT2D eigenvalue weighted by atomic mass is 10.4. The topological polar surface area (TPSA) is 72.5 Å². The van der Waals surface area contributed by atoms with Crippen LogP contribution in [0.3, 0.4) is 0 Å². The zero-order valence-corrected chi connectivity index (χ0v) is 5.92. The van der Waals surface area contributed by atoms with E-state index in [1.165, 1.54) is 0 Å². The molecule has 0 aromatic heterocycles. The SMILES string of the molecule is C=CC(=O)ONC(=O)C(C)=O. The van der Waals surface area contributed by atoms with Gasteiger partial charge in [0.2, 0.25) is 5.78 Å². The van der Waals surface area contributed by atoms with Gasteiger partial charge in [-0.2, -0.15) is 5.48 Å². The Morgan fingerprint density at radius 2 is 2.00 bits per heavy atom. The van der Waals surface area contributed by atoms with Gasteiger partial charge in [0.15, 0.2) is 0 Å². The van der Waals surface area contributed by atoms with E-state index < -0.39 is 17.7 Å². The Hall–Kier alpha value is -1.65. The molecule has 0 heterocycles. The van der Waals surface area contributed by atoms with Crippen molar-refractivity contribution in [3.8, 4) is 0 Å². The van der Waals surface area contributed by atoms with Crippen molar-refractivity contribution in [3.63, 3.8) is 0 Å². The van der Waals surface area contributed by atoms with Crippen LogP contribution in [0.15, 0.2) is 12.7 Å².